The van der Waals surface area contributed by atoms with E-state index in [1.807, 2.05) is 17.5 Å². The first-order valence-electron chi connectivity index (χ1n) is 5.75. The Labute approximate surface area is 123 Å². The minimum absolute atomic E-state index is 0.0870. The second-order valence-corrected chi connectivity index (χ2v) is 5.71. The molecule has 2 heterocycles. The number of nitrogens with one attached hydrogen (secondary N) is 3. The number of imide groups is 1. The van der Waals surface area contributed by atoms with E-state index >= 15 is 0 Å². The summed E-state index contributed by atoms with van der Waals surface area (Å²) >= 11 is 2.82. The van der Waals surface area contributed by atoms with Gasteiger partial charge in [-0.25, -0.2) is 9.78 Å². The van der Waals surface area contributed by atoms with Gasteiger partial charge in [0, 0.05) is 18.3 Å². The fourth-order valence-corrected chi connectivity index (χ4v) is 2.68. The Bertz CT molecular complexity index is 581. The molecule has 0 spiro atoms. The summed E-state index contributed by atoms with van der Waals surface area (Å²) in [6.45, 7) is 0. The highest BCUT2D eigenvalue weighted by Gasteiger charge is 2.10. The zero-order valence-electron chi connectivity index (χ0n) is 10.7. The van der Waals surface area contributed by atoms with Crippen LogP contribution in [0.25, 0.3) is 0 Å². The lowest BCUT2D eigenvalue weighted by Gasteiger charge is -2.00. The van der Waals surface area contributed by atoms with Gasteiger partial charge in [0.2, 0.25) is 11.1 Å². The molecular weight excluding hydrogens is 298 g/mol. The van der Waals surface area contributed by atoms with Gasteiger partial charge in [0.15, 0.2) is 0 Å². The number of amides is 3. The van der Waals surface area contributed by atoms with Crippen LogP contribution in [0.4, 0.5) is 4.79 Å². The molecule has 0 fully saturated rings. The molecule has 106 valence electrons. The average molecular weight is 311 g/mol. The van der Waals surface area contributed by atoms with Crippen molar-refractivity contribution in [1.82, 2.24) is 25.8 Å². The quantitative estimate of drug-likeness (QED) is 0.716. The molecule has 0 aromatic carbocycles. The van der Waals surface area contributed by atoms with Gasteiger partial charge in [0.05, 0.1) is 5.75 Å². The van der Waals surface area contributed by atoms with Crippen LogP contribution in [0.2, 0.25) is 0 Å². The third-order valence-electron chi connectivity index (χ3n) is 2.25. The number of hydrogen-bond donors (Lipinski definition) is 3. The molecule has 0 saturated heterocycles. The number of hydrogen-bond acceptors (Lipinski definition) is 6. The number of thioether (sulfide) groups is 1. The Hall–Kier alpha value is -1.87. The zero-order valence-corrected chi connectivity index (χ0v) is 12.3. The summed E-state index contributed by atoms with van der Waals surface area (Å²) in [7, 11) is 1.45. The number of rotatable bonds is 5. The second-order valence-electron chi connectivity index (χ2n) is 3.74. The minimum atomic E-state index is -0.524. The van der Waals surface area contributed by atoms with Crippen molar-refractivity contribution in [2.24, 2.45) is 0 Å². The summed E-state index contributed by atoms with van der Waals surface area (Å²) in [6, 6.07) is 3.48. The molecule has 7 nitrogen and oxygen atoms in total. The Morgan fingerprint density at radius 1 is 1.50 bits per heavy atom. The summed E-state index contributed by atoms with van der Waals surface area (Å²) in [5.41, 5.74) is 0. The van der Waals surface area contributed by atoms with E-state index < -0.39 is 6.03 Å². The van der Waals surface area contributed by atoms with Crippen molar-refractivity contribution in [3.63, 3.8) is 0 Å². The molecule has 3 N–H and O–H groups in total. The first-order valence-corrected chi connectivity index (χ1v) is 7.62. The maximum absolute atomic E-state index is 11.4. The number of nitrogens with zero attached hydrogens (tertiary/aromatic N) is 2. The van der Waals surface area contributed by atoms with Crippen molar-refractivity contribution < 1.29 is 9.59 Å². The van der Waals surface area contributed by atoms with Crippen LogP contribution in [0.15, 0.2) is 22.7 Å². The lowest BCUT2D eigenvalue weighted by molar-refractivity contribution is -0.117. The summed E-state index contributed by atoms with van der Waals surface area (Å²) in [5, 5.41) is 13.8. The van der Waals surface area contributed by atoms with Crippen LogP contribution in [0.5, 0.6) is 0 Å². The number of carbonyl (C=O) groups excluding carboxylic acids is 2. The lowest BCUT2D eigenvalue weighted by Crippen LogP contribution is -2.38. The number of aromatic amines is 1. The monoisotopic (exact) mass is 311 g/mol. The molecule has 0 aliphatic rings. The van der Waals surface area contributed by atoms with Gasteiger partial charge in [0.1, 0.15) is 5.82 Å². The number of aromatic nitrogens is 3. The van der Waals surface area contributed by atoms with Gasteiger partial charge in [-0.05, 0) is 11.4 Å². The van der Waals surface area contributed by atoms with E-state index in [4.69, 9.17) is 0 Å². The van der Waals surface area contributed by atoms with Crippen molar-refractivity contribution in [2.75, 3.05) is 12.8 Å². The van der Waals surface area contributed by atoms with Gasteiger partial charge in [0.25, 0.3) is 0 Å². The smallest absolute Gasteiger partial charge is 0.321 e. The van der Waals surface area contributed by atoms with Gasteiger partial charge < -0.3 is 5.32 Å². The van der Waals surface area contributed by atoms with Gasteiger partial charge in [-0.15, -0.1) is 16.4 Å². The third kappa shape index (κ3) is 4.35. The fourth-order valence-electron chi connectivity index (χ4n) is 1.35. The van der Waals surface area contributed by atoms with Crippen LogP contribution in [0, 0.1) is 0 Å². The standard InChI is InChI=1S/C11H13N5O2S2/c1-12-10(18)14-9(17)6-20-11-13-8(15-16-11)5-7-3-2-4-19-7/h2-4H,5-6H2,1H3,(H,13,15,16)(H2,12,14,17,18). The molecule has 2 aromatic heterocycles. The molecule has 20 heavy (non-hydrogen) atoms. The number of H-pyrrole nitrogens is 1. The zero-order chi connectivity index (χ0) is 14.4. The third-order valence-corrected chi connectivity index (χ3v) is 3.97. The van der Waals surface area contributed by atoms with Crippen molar-refractivity contribution in [3.8, 4) is 0 Å². The van der Waals surface area contributed by atoms with Crippen LogP contribution in [0.3, 0.4) is 0 Å². The van der Waals surface area contributed by atoms with E-state index in [1.54, 1.807) is 11.3 Å². The van der Waals surface area contributed by atoms with Crippen molar-refractivity contribution in [2.45, 2.75) is 11.6 Å². The normalized spacial score (nSPS) is 10.2. The van der Waals surface area contributed by atoms with Crippen LogP contribution < -0.4 is 10.6 Å². The summed E-state index contributed by atoms with van der Waals surface area (Å²) < 4.78 is 0. The summed E-state index contributed by atoms with van der Waals surface area (Å²) in [4.78, 5) is 27.8. The van der Waals surface area contributed by atoms with Crippen LogP contribution in [-0.4, -0.2) is 39.9 Å². The predicted octanol–water partition coefficient (Wildman–Crippen LogP) is 1.00. The molecule has 2 rings (SSSR count). The largest absolute Gasteiger partial charge is 0.341 e. The lowest BCUT2D eigenvalue weighted by atomic mass is 10.3. The van der Waals surface area contributed by atoms with E-state index in [0.717, 1.165) is 5.82 Å². The number of thiophene rings is 1. The van der Waals surface area contributed by atoms with Crippen molar-refractivity contribution in [1.29, 1.82) is 0 Å². The Morgan fingerprint density at radius 3 is 3.05 bits per heavy atom. The van der Waals surface area contributed by atoms with E-state index in [0.29, 0.717) is 11.6 Å². The molecule has 2 aromatic rings. The van der Waals surface area contributed by atoms with E-state index in [1.165, 1.54) is 23.7 Å². The van der Waals surface area contributed by atoms with E-state index in [9.17, 15) is 9.59 Å². The Morgan fingerprint density at radius 2 is 2.35 bits per heavy atom. The molecule has 3 amide bonds. The molecular formula is C11H13N5O2S2. The highest BCUT2D eigenvalue weighted by molar-refractivity contribution is 7.99. The number of urea groups is 1. The highest BCUT2D eigenvalue weighted by Crippen LogP contribution is 2.15. The van der Waals surface area contributed by atoms with Crippen molar-refractivity contribution in [3.05, 3.63) is 28.2 Å². The molecule has 0 unspecified atom stereocenters. The number of carbonyl (C=O) groups is 2. The molecule has 9 heteroatoms. The SMILES string of the molecule is CNC(=O)NC(=O)CSc1n[nH]c(Cc2cccs2)n1. The molecule has 0 aliphatic carbocycles. The van der Waals surface area contributed by atoms with Gasteiger partial charge in [-0.3, -0.25) is 15.2 Å². The van der Waals surface area contributed by atoms with E-state index in [-0.39, 0.29) is 11.7 Å². The minimum Gasteiger partial charge on any atom is -0.341 e. The molecule has 0 atom stereocenters. The Balaban J connectivity index is 1.81. The maximum Gasteiger partial charge on any atom is 0.321 e. The topological polar surface area (TPSA) is 99.8 Å². The predicted molar refractivity (Wildman–Crippen MR) is 76.8 cm³/mol. The molecule has 0 radical (unpaired) electrons. The fraction of sp³-hybridized carbons (Fsp3) is 0.273. The van der Waals surface area contributed by atoms with Gasteiger partial charge >= 0.3 is 6.03 Å². The van der Waals surface area contributed by atoms with Crippen LogP contribution in [0.1, 0.15) is 10.7 Å². The Kier molecular flexibility index (Phi) is 5.13. The summed E-state index contributed by atoms with van der Waals surface area (Å²) in [5.74, 6) is 0.449. The summed E-state index contributed by atoms with van der Waals surface area (Å²) in [6.07, 6.45) is 0.690. The first kappa shape index (κ1) is 14.5. The molecule has 0 bridgehead atoms. The highest BCUT2D eigenvalue weighted by atomic mass is 32.2. The average Bonchev–Trinajstić information content (AvgIpc) is 3.08. The van der Waals surface area contributed by atoms with Crippen LogP contribution >= 0.6 is 23.1 Å². The van der Waals surface area contributed by atoms with Gasteiger partial charge in [-0.2, -0.15) is 0 Å². The van der Waals surface area contributed by atoms with Crippen LogP contribution in [-0.2, 0) is 11.2 Å². The second kappa shape index (κ2) is 7.06. The van der Waals surface area contributed by atoms with Gasteiger partial charge in [-0.1, -0.05) is 17.8 Å². The molecule has 0 saturated carbocycles. The van der Waals surface area contributed by atoms with Crippen molar-refractivity contribution >= 4 is 35.0 Å². The van der Waals surface area contributed by atoms with E-state index in [2.05, 4.69) is 25.8 Å². The first-order chi connectivity index (χ1) is 9.67. The maximum atomic E-state index is 11.4. The molecule has 0 aliphatic heterocycles.